The lowest BCUT2D eigenvalue weighted by Crippen LogP contribution is -2.10. The van der Waals surface area contributed by atoms with E-state index in [1.807, 2.05) is 36.8 Å². The maximum absolute atomic E-state index is 11.5. The first kappa shape index (κ1) is 8.10. The molecule has 0 aliphatic rings. The van der Waals surface area contributed by atoms with Crippen LogP contribution in [0.15, 0.2) is 29.3 Å². The molecule has 3 heteroatoms. The third-order valence-corrected chi connectivity index (χ3v) is 2.20. The Morgan fingerprint density at radius 2 is 2.23 bits per heavy atom. The minimum atomic E-state index is 0.120. The molecular weight excluding hydrogens is 164 g/mol. The summed E-state index contributed by atoms with van der Waals surface area (Å²) < 4.78 is 1.86. The molecule has 3 nitrogen and oxygen atoms in total. The number of aromatic nitrogens is 2. The monoisotopic (exact) mass is 176 g/mol. The fourth-order valence-electron chi connectivity index (χ4n) is 1.44. The predicted octanol–water partition coefficient (Wildman–Crippen LogP) is 1.75. The lowest BCUT2D eigenvalue weighted by molar-refractivity contribution is 0.826. The van der Waals surface area contributed by atoms with Crippen LogP contribution in [-0.4, -0.2) is 9.61 Å². The largest absolute Gasteiger partial charge is 0.302 e. The zero-order chi connectivity index (χ0) is 9.42. The molecule has 2 aromatic rings. The molecule has 1 N–H and O–H groups in total. The number of fused-ring (bicyclic) bond motifs is 1. The van der Waals surface area contributed by atoms with E-state index in [0.29, 0.717) is 0 Å². The molecular formula is C10H12N2O. The maximum Gasteiger partial charge on any atom is 0.185 e. The van der Waals surface area contributed by atoms with Gasteiger partial charge in [-0.2, -0.15) is 0 Å². The zero-order valence-corrected chi connectivity index (χ0v) is 7.74. The summed E-state index contributed by atoms with van der Waals surface area (Å²) in [6.45, 7) is 4.04. The Morgan fingerprint density at radius 1 is 1.46 bits per heavy atom. The second-order valence-corrected chi connectivity index (χ2v) is 3.51. The van der Waals surface area contributed by atoms with E-state index >= 15 is 0 Å². The number of hydrogen-bond donors (Lipinski definition) is 1. The van der Waals surface area contributed by atoms with Crippen LogP contribution < -0.4 is 5.43 Å². The van der Waals surface area contributed by atoms with E-state index in [4.69, 9.17) is 0 Å². The van der Waals surface area contributed by atoms with Gasteiger partial charge in [0.15, 0.2) is 5.43 Å². The number of aromatic amines is 1. The lowest BCUT2D eigenvalue weighted by atomic mass is 10.1. The number of rotatable bonds is 1. The summed E-state index contributed by atoms with van der Waals surface area (Å²) in [5, 5.41) is 3.02. The van der Waals surface area contributed by atoms with Crippen molar-refractivity contribution >= 4 is 5.52 Å². The first-order chi connectivity index (χ1) is 6.18. The van der Waals surface area contributed by atoms with Gasteiger partial charge >= 0.3 is 0 Å². The minimum Gasteiger partial charge on any atom is -0.302 e. The van der Waals surface area contributed by atoms with Crippen molar-refractivity contribution in [2.45, 2.75) is 19.8 Å². The van der Waals surface area contributed by atoms with Crippen molar-refractivity contribution < 1.29 is 0 Å². The van der Waals surface area contributed by atoms with Gasteiger partial charge in [-0.1, -0.05) is 13.8 Å². The van der Waals surface area contributed by atoms with Crippen molar-refractivity contribution in [1.29, 1.82) is 0 Å². The molecule has 0 spiro atoms. The highest BCUT2D eigenvalue weighted by atomic mass is 16.1. The van der Waals surface area contributed by atoms with E-state index in [-0.39, 0.29) is 11.3 Å². The molecule has 0 amide bonds. The molecule has 2 heterocycles. The summed E-state index contributed by atoms with van der Waals surface area (Å²) in [6, 6.07) is 3.54. The first-order valence-corrected chi connectivity index (χ1v) is 4.38. The average molecular weight is 176 g/mol. The third kappa shape index (κ3) is 1.26. The number of hydrogen-bond acceptors (Lipinski definition) is 1. The van der Waals surface area contributed by atoms with Crippen molar-refractivity contribution in [2.24, 2.45) is 0 Å². The number of H-pyrrole nitrogens is 1. The van der Waals surface area contributed by atoms with Crippen LogP contribution in [0, 0.1) is 0 Å². The van der Waals surface area contributed by atoms with Gasteiger partial charge in [0.25, 0.3) is 0 Å². The number of nitrogens with zero attached hydrogens (tertiary/aromatic N) is 1. The fraction of sp³-hybridized carbons (Fsp3) is 0.300. The molecule has 0 radical (unpaired) electrons. The van der Waals surface area contributed by atoms with Crippen LogP contribution in [0.1, 0.15) is 25.3 Å². The van der Waals surface area contributed by atoms with Crippen LogP contribution in [0.2, 0.25) is 0 Å². The van der Waals surface area contributed by atoms with Crippen molar-refractivity contribution in [3.63, 3.8) is 0 Å². The van der Waals surface area contributed by atoms with Crippen LogP contribution in [-0.2, 0) is 0 Å². The normalized spacial score (nSPS) is 11.3. The molecule has 2 rings (SSSR count). The SMILES string of the molecule is CC(C)c1cn2[nH]ccc2cc1=O. The van der Waals surface area contributed by atoms with E-state index in [0.717, 1.165) is 11.1 Å². The Morgan fingerprint density at radius 3 is 2.92 bits per heavy atom. The Hall–Kier alpha value is -1.51. The van der Waals surface area contributed by atoms with E-state index in [9.17, 15) is 4.79 Å². The van der Waals surface area contributed by atoms with Crippen LogP contribution in [0.5, 0.6) is 0 Å². The van der Waals surface area contributed by atoms with E-state index in [1.54, 1.807) is 6.07 Å². The molecule has 2 aromatic heterocycles. The summed E-state index contributed by atoms with van der Waals surface area (Å²) >= 11 is 0. The summed E-state index contributed by atoms with van der Waals surface area (Å²) in [7, 11) is 0. The van der Waals surface area contributed by atoms with Gasteiger partial charge in [0, 0.05) is 24.0 Å². The second kappa shape index (κ2) is 2.76. The van der Waals surface area contributed by atoms with Gasteiger partial charge in [0.05, 0.1) is 5.52 Å². The molecule has 0 saturated heterocycles. The van der Waals surface area contributed by atoms with Crippen molar-refractivity contribution in [1.82, 2.24) is 9.61 Å². The van der Waals surface area contributed by atoms with Gasteiger partial charge in [0.2, 0.25) is 0 Å². The average Bonchev–Trinajstić information content (AvgIpc) is 2.48. The third-order valence-electron chi connectivity index (χ3n) is 2.20. The fourth-order valence-corrected chi connectivity index (χ4v) is 1.44. The summed E-state index contributed by atoms with van der Waals surface area (Å²) in [5.74, 6) is 0.271. The Kier molecular flexibility index (Phi) is 1.72. The van der Waals surface area contributed by atoms with Crippen LogP contribution in [0.3, 0.4) is 0 Å². The van der Waals surface area contributed by atoms with Gasteiger partial charge in [-0.15, -0.1) is 0 Å². The Bertz CT molecular complexity index is 479. The van der Waals surface area contributed by atoms with Crippen LogP contribution in [0.25, 0.3) is 5.52 Å². The first-order valence-electron chi connectivity index (χ1n) is 4.38. The quantitative estimate of drug-likeness (QED) is 0.706. The zero-order valence-electron chi connectivity index (χ0n) is 7.74. The molecule has 0 bridgehead atoms. The molecule has 0 aliphatic carbocycles. The lowest BCUT2D eigenvalue weighted by Gasteiger charge is -2.03. The molecule has 0 aromatic carbocycles. The molecule has 0 atom stereocenters. The van der Waals surface area contributed by atoms with Crippen molar-refractivity contribution in [3.8, 4) is 0 Å². The van der Waals surface area contributed by atoms with E-state index in [1.165, 1.54) is 0 Å². The highest BCUT2D eigenvalue weighted by Crippen LogP contribution is 2.09. The second-order valence-electron chi connectivity index (χ2n) is 3.51. The molecule has 0 unspecified atom stereocenters. The van der Waals surface area contributed by atoms with E-state index < -0.39 is 0 Å². The van der Waals surface area contributed by atoms with Gasteiger partial charge in [-0.05, 0) is 12.0 Å². The van der Waals surface area contributed by atoms with Gasteiger partial charge < -0.3 is 5.10 Å². The minimum absolute atomic E-state index is 0.120. The smallest absolute Gasteiger partial charge is 0.185 e. The molecule has 0 saturated carbocycles. The highest BCUT2D eigenvalue weighted by molar-refractivity contribution is 5.46. The predicted molar refractivity (Wildman–Crippen MR) is 52.1 cm³/mol. The van der Waals surface area contributed by atoms with Crippen molar-refractivity contribution in [3.05, 3.63) is 40.3 Å². The van der Waals surface area contributed by atoms with E-state index in [2.05, 4.69) is 5.10 Å². The molecule has 13 heavy (non-hydrogen) atoms. The molecule has 0 aliphatic heterocycles. The number of pyridine rings is 1. The van der Waals surface area contributed by atoms with Gasteiger partial charge in [-0.25, -0.2) is 0 Å². The van der Waals surface area contributed by atoms with Crippen LogP contribution >= 0.6 is 0 Å². The van der Waals surface area contributed by atoms with Crippen LogP contribution in [0.4, 0.5) is 0 Å². The Labute approximate surface area is 76.0 Å². The maximum atomic E-state index is 11.5. The molecule has 68 valence electrons. The van der Waals surface area contributed by atoms with Crippen molar-refractivity contribution in [2.75, 3.05) is 0 Å². The highest BCUT2D eigenvalue weighted by Gasteiger charge is 2.05. The topological polar surface area (TPSA) is 37.3 Å². The molecule has 0 fully saturated rings. The van der Waals surface area contributed by atoms with Gasteiger partial charge in [-0.3, -0.25) is 9.31 Å². The Balaban J connectivity index is 2.77. The standard InChI is InChI=1S/C10H12N2O/c1-7(2)9-6-12-8(3-4-11-12)5-10(9)13/h3-7,11H,1-2H3. The van der Waals surface area contributed by atoms with Gasteiger partial charge in [0.1, 0.15) is 0 Å². The summed E-state index contributed by atoms with van der Waals surface area (Å²) in [5.41, 5.74) is 1.88. The number of nitrogens with one attached hydrogen (secondary N) is 1. The summed E-state index contributed by atoms with van der Waals surface area (Å²) in [6.07, 6.45) is 3.68. The summed E-state index contributed by atoms with van der Waals surface area (Å²) in [4.78, 5) is 11.5.